The summed E-state index contributed by atoms with van der Waals surface area (Å²) in [6.07, 6.45) is 5.24. The van der Waals surface area contributed by atoms with Crippen LogP contribution >= 0.6 is 0 Å². The van der Waals surface area contributed by atoms with Gasteiger partial charge < -0.3 is 25.4 Å². The maximum Gasteiger partial charge on any atom is 0.242 e. The van der Waals surface area contributed by atoms with Gasteiger partial charge in [-0.1, -0.05) is 54.6 Å². The van der Waals surface area contributed by atoms with E-state index in [0.717, 1.165) is 31.2 Å². The molecule has 0 bridgehead atoms. The zero-order valence-corrected chi connectivity index (χ0v) is 26.5. The van der Waals surface area contributed by atoms with E-state index in [1.807, 2.05) is 30.3 Å². The monoisotopic (exact) mass is 624 g/mol. The van der Waals surface area contributed by atoms with Crippen LogP contribution in [0.15, 0.2) is 54.6 Å². The largest absolute Gasteiger partial charge is 0.384 e. The van der Waals surface area contributed by atoms with Crippen LogP contribution < -0.4 is 21.3 Å². The van der Waals surface area contributed by atoms with Crippen molar-refractivity contribution < 1.29 is 33.4 Å². The van der Waals surface area contributed by atoms with Gasteiger partial charge in [0.1, 0.15) is 6.04 Å². The average molecular weight is 625 g/mol. The van der Waals surface area contributed by atoms with Gasteiger partial charge in [-0.3, -0.25) is 29.3 Å². The summed E-state index contributed by atoms with van der Waals surface area (Å²) in [6.45, 7) is 0.857. The number of imide groups is 1. The van der Waals surface area contributed by atoms with Gasteiger partial charge in [0.05, 0.1) is 19.6 Å². The van der Waals surface area contributed by atoms with E-state index in [9.17, 15) is 24.0 Å². The smallest absolute Gasteiger partial charge is 0.242 e. The van der Waals surface area contributed by atoms with Crippen LogP contribution in [-0.4, -0.2) is 76.1 Å². The van der Waals surface area contributed by atoms with Crippen LogP contribution in [0.4, 0.5) is 0 Å². The van der Waals surface area contributed by atoms with E-state index in [-0.39, 0.29) is 57.1 Å². The Morgan fingerprint density at radius 2 is 1.22 bits per heavy atom. The third-order valence-corrected chi connectivity index (χ3v) is 7.05. The quantitative estimate of drug-likeness (QED) is 0.147. The molecule has 0 saturated heterocycles. The third kappa shape index (κ3) is 17.1. The Hall–Kier alpha value is -4.09. The molecule has 246 valence electrons. The van der Waals surface area contributed by atoms with Crippen LogP contribution in [0.1, 0.15) is 61.6 Å². The van der Waals surface area contributed by atoms with E-state index in [1.165, 1.54) is 25.3 Å². The van der Waals surface area contributed by atoms with Crippen molar-refractivity contribution in [2.45, 2.75) is 70.3 Å². The minimum atomic E-state index is -0.846. The van der Waals surface area contributed by atoms with Gasteiger partial charge >= 0.3 is 0 Å². The number of ether oxygens (including phenoxy) is 2. The SMILES string of the molecule is COCCC(=O)NCCC[C@H](NC(=O)CCOC)C(=O)NCCC(=O)NC(=O)Cc1ccc(CCCCc2ccccc2)cc1. The van der Waals surface area contributed by atoms with Crippen LogP contribution in [-0.2, 0) is 52.7 Å². The number of carbonyl (C=O) groups is 5. The summed E-state index contributed by atoms with van der Waals surface area (Å²) in [5.41, 5.74) is 3.36. The van der Waals surface area contributed by atoms with Crippen molar-refractivity contribution >= 4 is 29.5 Å². The summed E-state index contributed by atoms with van der Waals surface area (Å²) in [5.74, 6) is -1.89. The number of aryl methyl sites for hydroxylation is 2. The van der Waals surface area contributed by atoms with Crippen LogP contribution in [0.2, 0.25) is 0 Å². The van der Waals surface area contributed by atoms with E-state index in [2.05, 4.69) is 45.5 Å². The Labute approximate surface area is 266 Å². The first kappa shape index (κ1) is 37.1. The number of hydrogen-bond acceptors (Lipinski definition) is 7. The topological polar surface area (TPSA) is 152 Å². The predicted molar refractivity (Wildman–Crippen MR) is 171 cm³/mol. The van der Waals surface area contributed by atoms with Gasteiger partial charge in [-0.2, -0.15) is 0 Å². The van der Waals surface area contributed by atoms with Gasteiger partial charge in [-0.15, -0.1) is 0 Å². The zero-order valence-electron chi connectivity index (χ0n) is 26.5. The summed E-state index contributed by atoms with van der Waals surface area (Å²) in [7, 11) is 2.99. The molecule has 0 fully saturated rings. The normalized spacial score (nSPS) is 11.3. The van der Waals surface area contributed by atoms with Crippen LogP contribution in [0.3, 0.4) is 0 Å². The molecule has 2 aromatic carbocycles. The molecule has 1 atom stereocenters. The summed E-state index contributed by atoms with van der Waals surface area (Å²) in [4.78, 5) is 61.5. The number of benzene rings is 2. The number of unbranched alkanes of at least 4 members (excludes halogenated alkanes) is 1. The first-order chi connectivity index (χ1) is 21.8. The van der Waals surface area contributed by atoms with Gasteiger partial charge in [-0.25, -0.2) is 0 Å². The molecular formula is C34H48N4O7. The number of amides is 5. The van der Waals surface area contributed by atoms with Crippen molar-refractivity contribution in [3.8, 4) is 0 Å². The van der Waals surface area contributed by atoms with Crippen molar-refractivity contribution in [3.63, 3.8) is 0 Å². The van der Waals surface area contributed by atoms with Gasteiger partial charge in [-0.05, 0) is 55.2 Å². The second-order valence-electron chi connectivity index (χ2n) is 10.8. The van der Waals surface area contributed by atoms with E-state index in [1.54, 1.807) is 0 Å². The van der Waals surface area contributed by atoms with Crippen molar-refractivity contribution in [2.24, 2.45) is 0 Å². The molecule has 0 aromatic heterocycles. The fraction of sp³-hybridized carbons (Fsp3) is 0.500. The molecule has 0 heterocycles. The summed E-state index contributed by atoms with van der Waals surface area (Å²) in [5, 5.41) is 10.4. The van der Waals surface area contributed by atoms with Crippen molar-refractivity contribution in [3.05, 3.63) is 71.3 Å². The lowest BCUT2D eigenvalue weighted by molar-refractivity contribution is -0.131. The fourth-order valence-corrected chi connectivity index (χ4v) is 4.54. The number of carbonyl (C=O) groups excluding carboxylic acids is 5. The van der Waals surface area contributed by atoms with E-state index >= 15 is 0 Å². The van der Waals surface area contributed by atoms with Gasteiger partial charge in [0.25, 0.3) is 0 Å². The molecule has 11 nitrogen and oxygen atoms in total. The lowest BCUT2D eigenvalue weighted by Crippen LogP contribution is -2.48. The molecule has 0 unspecified atom stereocenters. The summed E-state index contributed by atoms with van der Waals surface area (Å²) in [6, 6.07) is 17.4. The Morgan fingerprint density at radius 3 is 1.87 bits per heavy atom. The molecule has 45 heavy (non-hydrogen) atoms. The lowest BCUT2D eigenvalue weighted by atomic mass is 10.0. The first-order valence-electron chi connectivity index (χ1n) is 15.6. The molecule has 5 amide bonds. The number of rotatable bonds is 22. The molecule has 0 aliphatic rings. The molecule has 2 aromatic rings. The molecule has 11 heteroatoms. The maximum atomic E-state index is 12.8. The fourth-order valence-electron chi connectivity index (χ4n) is 4.54. The molecule has 0 aliphatic heterocycles. The number of hydrogen-bond donors (Lipinski definition) is 4. The maximum absolute atomic E-state index is 12.8. The summed E-state index contributed by atoms with van der Waals surface area (Å²) >= 11 is 0. The zero-order chi connectivity index (χ0) is 32.7. The Morgan fingerprint density at radius 1 is 0.622 bits per heavy atom. The van der Waals surface area contributed by atoms with Crippen molar-refractivity contribution in [1.82, 2.24) is 21.3 Å². The first-order valence-corrected chi connectivity index (χ1v) is 15.6. The molecule has 0 saturated carbocycles. The van der Waals surface area contributed by atoms with E-state index in [4.69, 9.17) is 9.47 Å². The highest BCUT2D eigenvalue weighted by Crippen LogP contribution is 2.11. The molecule has 0 spiro atoms. The van der Waals surface area contributed by atoms with Crippen molar-refractivity contribution in [1.29, 1.82) is 0 Å². The average Bonchev–Trinajstić information content (AvgIpc) is 3.03. The second kappa shape index (κ2) is 22.4. The highest BCUT2D eigenvalue weighted by atomic mass is 16.5. The summed E-state index contributed by atoms with van der Waals surface area (Å²) < 4.78 is 9.79. The van der Waals surface area contributed by atoms with Crippen LogP contribution in [0.5, 0.6) is 0 Å². The molecule has 0 aliphatic carbocycles. The van der Waals surface area contributed by atoms with E-state index < -0.39 is 23.8 Å². The van der Waals surface area contributed by atoms with Gasteiger partial charge in [0, 0.05) is 46.6 Å². The molecule has 0 radical (unpaired) electrons. The van der Waals surface area contributed by atoms with Crippen LogP contribution in [0, 0.1) is 0 Å². The molecular weight excluding hydrogens is 576 g/mol. The van der Waals surface area contributed by atoms with Gasteiger partial charge in [0.15, 0.2) is 0 Å². The number of methoxy groups -OCH3 is 2. The van der Waals surface area contributed by atoms with Crippen LogP contribution in [0.25, 0.3) is 0 Å². The second-order valence-corrected chi connectivity index (χ2v) is 10.8. The lowest BCUT2D eigenvalue weighted by Gasteiger charge is -2.18. The Kier molecular flexibility index (Phi) is 18.5. The third-order valence-electron chi connectivity index (χ3n) is 7.05. The highest BCUT2D eigenvalue weighted by Gasteiger charge is 2.21. The molecule has 2 rings (SSSR count). The van der Waals surface area contributed by atoms with Crippen molar-refractivity contribution in [2.75, 3.05) is 40.5 Å². The standard InChI is InChI=1S/C34H48N4O7/c1-44-23-19-30(39)35-21-8-13-29(37-32(41)20-24-45-2)34(43)36-22-18-31(40)38-33(42)25-28-16-14-27(15-17-28)12-7-6-11-26-9-4-3-5-10-26/h3-5,9-10,14-17,29H,6-8,11-13,18-25H2,1-2H3,(H,35,39)(H,36,43)(H,37,41)(H,38,40,42)/t29-/m0/s1. The molecule has 4 N–H and O–H groups in total. The van der Waals surface area contributed by atoms with Gasteiger partial charge in [0.2, 0.25) is 29.5 Å². The Bertz CT molecular complexity index is 1190. The van der Waals surface area contributed by atoms with E-state index in [0.29, 0.717) is 19.6 Å². The predicted octanol–water partition coefficient (Wildman–Crippen LogP) is 2.40. The Balaban J connectivity index is 1.70. The minimum Gasteiger partial charge on any atom is -0.384 e. The highest BCUT2D eigenvalue weighted by molar-refractivity contribution is 5.96. The number of nitrogens with one attached hydrogen (secondary N) is 4. The minimum absolute atomic E-state index is 0.00485.